The average Bonchev–Trinajstić information content (AvgIpc) is 2.56. The number of carbonyl (C=O) groups excluding carboxylic acids is 2. The van der Waals surface area contributed by atoms with Crippen molar-refractivity contribution in [1.29, 1.82) is 0 Å². The summed E-state index contributed by atoms with van der Waals surface area (Å²) in [5.74, 6) is -0.894. The summed E-state index contributed by atoms with van der Waals surface area (Å²) in [6.45, 7) is 8.62. The van der Waals surface area contributed by atoms with Crippen molar-refractivity contribution in [2.75, 3.05) is 10.6 Å². The van der Waals surface area contributed by atoms with Crippen molar-refractivity contribution in [3.05, 3.63) is 53.3 Å². The second-order valence-electron chi connectivity index (χ2n) is 7.67. The molecule has 0 saturated carbocycles. The van der Waals surface area contributed by atoms with Crippen LogP contribution in [0.5, 0.6) is 5.75 Å². The summed E-state index contributed by atoms with van der Waals surface area (Å²) < 4.78 is 18.6. The van der Waals surface area contributed by atoms with E-state index < -0.39 is 23.5 Å². The fourth-order valence-corrected chi connectivity index (χ4v) is 2.77. The van der Waals surface area contributed by atoms with Gasteiger partial charge in [-0.25, -0.2) is 9.18 Å². The van der Waals surface area contributed by atoms with Gasteiger partial charge in [0.25, 0.3) is 0 Å². The molecule has 7 heteroatoms. The third-order valence-electron chi connectivity index (χ3n) is 4.07. The van der Waals surface area contributed by atoms with E-state index in [0.29, 0.717) is 22.5 Å². The predicted octanol–water partition coefficient (Wildman–Crippen LogP) is 5.13. The highest BCUT2D eigenvalue weighted by Gasteiger charge is 2.31. The Hall–Kier alpha value is -3.09. The van der Waals surface area contributed by atoms with Gasteiger partial charge >= 0.3 is 12.0 Å². The number of aryl methyl sites for hydroxylation is 1. The average molecular weight is 388 g/mol. The predicted molar refractivity (Wildman–Crippen MR) is 106 cm³/mol. The van der Waals surface area contributed by atoms with Crippen LogP contribution in [0, 0.1) is 18.2 Å². The number of amides is 2. The van der Waals surface area contributed by atoms with Crippen molar-refractivity contribution in [1.82, 2.24) is 0 Å². The van der Waals surface area contributed by atoms with Gasteiger partial charge in [-0.05, 0) is 48.9 Å². The summed E-state index contributed by atoms with van der Waals surface area (Å²) >= 11 is 0. The number of nitrogens with one attached hydrogen (secondary N) is 2. The molecule has 1 atom stereocenters. The largest absolute Gasteiger partial charge is 0.508 e. The maximum atomic E-state index is 13.2. The molecule has 0 aliphatic rings. The number of urea groups is 1. The molecule has 0 heterocycles. The van der Waals surface area contributed by atoms with Crippen LogP contribution in [0.15, 0.2) is 36.4 Å². The van der Waals surface area contributed by atoms with Gasteiger partial charge < -0.3 is 20.5 Å². The summed E-state index contributed by atoms with van der Waals surface area (Å²) in [6.07, 6.45) is -0.700. The Morgan fingerprint density at radius 2 is 1.79 bits per heavy atom. The fraction of sp³-hybridized carbons (Fsp3) is 0.333. The number of phenols is 1. The van der Waals surface area contributed by atoms with Gasteiger partial charge in [0.05, 0.1) is 0 Å². The molecule has 2 aromatic rings. The molecule has 0 fully saturated rings. The van der Waals surface area contributed by atoms with Crippen LogP contribution >= 0.6 is 0 Å². The zero-order valence-corrected chi connectivity index (χ0v) is 16.6. The number of anilines is 2. The molecular weight excluding hydrogens is 363 g/mol. The van der Waals surface area contributed by atoms with Crippen LogP contribution in [0.4, 0.5) is 20.6 Å². The van der Waals surface area contributed by atoms with Crippen molar-refractivity contribution in [2.45, 2.75) is 40.7 Å². The van der Waals surface area contributed by atoms with Crippen molar-refractivity contribution in [3.63, 3.8) is 0 Å². The van der Waals surface area contributed by atoms with Crippen LogP contribution in [-0.4, -0.2) is 17.1 Å². The molecule has 1 unspecified atom stereocenters. The number of benzene rings is 2. The van der Waals surface area contributed by atoms with Gasteiger partial charge in [-0.15, -0.1) is 0 Å². The number of aromatic hydroxyl groups is 1. The van der Waals surface area contributed by atoms with Crippen molar-refractivity contribution in [3.8, 4) is 5.75 Å². The first-order valence-corrected chi connectivity index (χ1v) is 8.81. The molecule has 6 nitrogen and oxygen atoms in total. The highest BCUT2D eigenvalue weighted by molar-refractivity contribution is 6.00. The number of phenolic OH excluding ortho intramolecular Hbond substituents is 1. The highest BCUT2D eigenvalue weighted by Crippen LogP contribution is 2.41. The molecule has 150 valence electrons. The monoisotopic (exact) mass is 388 g/mol. The zero-order valence-electron chi connectivity index (χ0n) is 16.6. The minimum Gasteiger partial charge on any atom is -0.508 e. The molecule has 0 aliphatic carbocycles. The zero-order chi connectivity index (χ0) is 21.1. The van der Waals surface area contributed by atoms with Gasteiger partial charge in [0, 0.05) is 29.3 Å². The summed E-state index contributed by atoms with van der Waals surface area (Å²) in [5.41, 5.74) is 1.38. The SMILES string of the molecule is CC(=O)OC(c1cc(NC(=O)Nc2ccc(F)cc2C)ccc1O)C(C)(C)C. The maximum Gasteiger partial charge on any atom is 0.323 e. The number of carbonyl (C=O) groups is 2. The quantitative estimate of drug-likeness (QED) is 0.500. The Morgan fingerprint density at radius 3 is 2.36 bits per heavy atom. The lowest BCUT2D eigenvalue weighted by Gasteiger charge is -2.31. The van der Waals surface area contributed by atoms with Crippen LogP contribution in [0.1, 0.15) is 44.9 Å². The Morgan fingerprint density at radius 1 is 1.11 bits per heavy atom. The van der Waals surface area contributed by atoms with Crippen molar-refractivity contribution < 1.29 is 23.8 Å². The van der Waals surface area contributed by atoms with Gasteiger partial charge in [0.2, 0.25) is 0 Å². The molecule has 2 rings (SSSR count). The minimum atomic E-state index is -0.700. The topological polar surface area (TPSA) is 87.7 Å². The third kappa shape index (κ3) is 5.45. The molecule has 2 aromatic carbocycles. The second kappa shape index (κ2) is 8.29. The molecule has 28 heavy (non-hydrogen) atoms. The Kier molecular flexibility index (Phi) is 6.28. The van der Waals surface area contributed by atoms with E-state index in [4.69, 9.17) is 4.74 Å². The van der Waals surface area contributed by atoms with Crippen LogP contribution in [-0.2, 0) is 9.53 Å². The molecular formula is C21H25FN2O4. The van der Waals surface area contributed by atoms with Crippen molar-refractivity contribution >= 4 is 23.4 Å². The molecule has 0 aromatic heterocycles. The van der Waals surface area contributed by atoms with Crippen LogP contribution < -0.4 is 10.6 Å². The van der Waals surface area contributed by atoms with E-state index in [2.05, 4.69) is 10.6 Å². The first-order valence-electron chi connectivity index (χ1n) is 8.81. The lowest BCUT2D eigenvalue weighted by Crippen LogP contribution is -2.24. The van der Waals surface area contributed by atoms with E-state index >= 15 is 0 Å². The molecule has 0 aliphatic heterocycles. The molecule has 0 radical (unpaired) electrons. The smallest absolute Gasteiger partial charge is 0.323 e. The van der Waals surface area contributed by atoms with Crippen LogP contribution in [0.3, 0.4) is 0 Å². The highest BCUT2D eigenvalue weighted by atomic mass is 19.1. The van der Waals surface area contributed by atoms with Gasteiger partial charge in [-0.3, -0.25) is 4.79 Å². The number of rotatable bonds is 4. The number of hydrogen-bond donors (Lipinski definition) is 3. The van der Waals surface area contributed by atoms with Gasteiger partial charge in [-0.1, -0.05) is 20.8 Å². The number of esters is 1. The summed E-state index contributed by atoms with van der Waals surface area (Å²) in [4.78, 5) is 23.8. The summed E-state index contributed by atoms with van der Waals surface area (Å²) in [6, 6.07) is 8.05. The molecule has 3 N–H and O–H groups in total. The Balaban J connectivity index is 2.24. The van der Waals surface area contributed by atoms with Crippen LogP contribution in [0.25, 0.3) is 0 Å². The van der Waals surface area contributed by atoms with Crippen molar-refractivity contribution in [2.24, 2.45) is 5.41 Å². The van der Waals surface area contributed by atoms with Crippen LogP contribution in [0.2, 0.25) is 0 Å². The lowest BCUT2D eigenvalue weighted by molar-refractivity contribution is -0.152. The van der Waals surface area contributed by atoms with E-state index in [9.17, 15) is 19.1 Å². The minimum absolute atomic E-state index is 0.0403. The van der Waals surface area contributed by atoms with E-state index in [1.165, 1.54) is 37.3 Å². The second-order valence-corrected chi connectivity index (χ2v) is 7.67. The van der Waals surface area contributed by atoms with Gasteiger partial charge in [0.15, 0.2) is 0 Å². The first-order chi connectivity index (χ1) is 13.0. The fourth-order valence-electron chi connectivity index (χ4n) is 2.77. The third-order valence-corrected chi connectivity index (χ3v) is 4.07. The van der Waals surface area contributed by atoms with E-state index in [-0.39, 0.29) is 11.6 Å². The van der Waals surface area contributed by atoms with Gasteiger partial charge in [0.1, 0.15) is 17.7 Å². The van der Waals surface area contributed by atoms with E-state index in [0.717, 1.165) is 0 Å². The lowest BCUT2D eigenvalue weighted by atomic mass is 9.84. The normalized spacial score (nSPS) is 12.2. The molecule has 0 saturated heterocycles. The Labute approximate surface area is 163 Å². The standard InChI is InChI=1S/C21H25FN2O4/c1-12-10-14(22)6-8-17(12)24-20(27)23-15-7-9-18(26)16(11-15)19(21(3,4)5)28-13(2)25/h6-11,19,26H,1-5H3,(H2,23,24,27). The molecule has 0 spiro atoms. The van der Waals surface area contributed by atoms with E-state index in [1.807, 2.05) is 20.8 Å². The molecule has 0 bridgehead atoms. The number of hydrogen-bond acceptors (Lipinski definition) is 4. The maximum absolute atomic E-state index is 13.2. The first kappa shape index (κ1) is 21.2. The number of halogens is 1. The Bertz CT molecular complexity index is 890. The van der Waals surface area contributed by atoms with E-state index in [1.54, 1.807) is 13.0 Å². The van der Waals surface area contributed by atoms with Gasteiger partial charge in [-0.2, -0.15) is 0 Å². The number of ether oxygens (including phenoxy) is 1. The summed E-state index contributed by atoms with van der Waals surface area (Å²) in [7, 11) is 0. The molecule has 2 amide bonds. The summed E-state index contributed by atoms with van der Waals surface area (Å²) in [5, 5.41) is 15.6.